The number of aryl methyl sites for hydroxylation is 1. The lowest BCUT2D eigenvalue weighted by atomic mass is 9.98. The van der Waals surface area contributed by atoms with E-state index in [0.29, 0.717) is 0 Å². The molecule has 1 aliphatic rings. The molecule has 14 heavy (non-hydrogen) atoms. The highest BCUT2D eigenvalue weighted by molar-refractivity contribution is 5.63. The molecule has 0 heterocycles. The van der Waals surface area contributed by atoms with Crippen LogP contribution in [0.15, 0.2) is 30.3 Å². The third-order valence-corrected chi connectivity index (χ3v) is 3.13. The van der Waals surface area contributed by atoms with Crippen molar-refractivity contribution in [1.29, 1.82) is 0 Å². The van der Waals surface area contributed by atoms with Crippen LogP contribution in [0.3, 0.4) is 0 Å². The van der Waals surface area contributed by atoms with Crippen molar-refractivity contribution >= 4 is 6.29 Å². The van der Waals surface area contributed by atoms with Gasteiger partial charge in [0.15, 0.2) is 0 Å². The first-order valence-corrected chi connectivity index (χ1v) is 5.35. The summed E-state index contributed by atoms with van der Waals surface area (Å²) >= 11 is 0. The van der Waals surface area contributed by atoms with E-state index >= 15 is 0 Å². The van der Waals surface area contributed by atoms with E-state index in [-0.39, 0.29) is 5.41 Å². The number of rotatable bonds is 5. The molecule has 1 aromatic carbocycles. The topological polar surface area (TPSA) is 17.1 Å². The summed E-state index contributed by atoms with van der Waals surface area (Å²) in [5.74, 6) is 0. The lowest BCUT2D eigenvalue weighted by Gasteiger charge is -2.05. The van der Waals surface area contributed by atoms with Gasteiger partial charge >= 0.3 is 0 Å². The van der Waals surface area contributed by atoms with Crippen LogP contribution in [0.5, 0.6) is 0 Å². The van der Waals surface area contributed by atoms with Gasteiger partial charge in [-0.15, -0.1) is 0 Å². The second-order valence-corrected chi connectivity index (χ2v) is 4.32. The molecule has 0 bridgehead atoms. The molecule has 0 spiro atoms. The lowest BCUT2D eigenvalue weighted by Crippen LogP contribution is -2.01. The number of benzene rings is 1. The van der Waals surface area contributed by atoms with Crippen LogP contribution in [0.2, 0.25) is 0 Å². The first-order chi connectivity index (χ1) is 6.85. The zero-order chi connectivity index (χ0) is 9.86. The molecule has 0 N–H and O–H groups in total. The Morgan fingerprint density at radius 3 is 2.50 bits per heavy atom. The van der Waals surface area contributed by atoms with Crippen LogP contribution in [0, 0.1) is 5.41 Å². The van der Waals surface area contributed by atoms with E-state index in [1.165, 1.54) is 5.56 Å². The third kappa shape index (κ3) is 2.22. The quantitative estimate of drug-likeness (QED) is 0.649. The van der Waals surface area contributed by atoms with Crippen LogP contribution < -0.4 is 0 Å². The number of hydrogen-bond donors (Lipinski definition) is 0. The van der Waals surface area contributed by atoms with Gasteiger partial charge in [0.2, 0.25) is 0 Å². The van der Waals surface area contributed by atoms with Crippen LogP contribution in [-0.2, 0) is 11.2 Å². The lowest BCUT2D eigenvalue weighted by molar-refractivity contribution is -0.112. The molecule has 1 aromatic rings. The second-order valence-electron chi connectivity index (χ2n) is 4.32. The standard InChI is InChI=1S/C13H16O/c14-11-13(9-10-13)8-4-7-12-5-2-1-3-6-12/h1-3,5-6,11H,4,7-10H2. The summed E-state index contributed by atoms with van der Waals surface area (Å²) in [7, 11) is 0. The smallest absolute Gasteiger partial charge is 0.126 e. The number of carbonyl (C=O) groups excluding carboxylic acids is 1. The number of carbonyl (C=O) groups is 1. The summed E-state index contributed by atoms with van der Waals surface area (Å²) in [6.45, 7) is 0. The molecule has 0 atom stereocenters. The Balaban J connectivity index is 1.76. The minimum absolute atomic E-state index is 0.0920. The van der Waals surface area contributed by atoms with E-state index < -0.39 is 0 Å². The first kappa shape index (κ1) is 9.45. The third-order valence-electron chi connectivity index (χ3n) is 3.13. The van der Waals surface area contributed by atoms with E-state index in [2.05, 4.69) is 24.3 Å². The molecule has 0 radical (unpaired) electrons. The normalized spacial score (nSPS) is 17.7. The summed E-state index contributed by atoms with van der Waals surface area (Å²) in [5.41, 5.74) is 1.48. The van der Waals surface area contributed by atoms with Crippen molar-refractivity contribution < 1.29 is 4.79 Å². The molecule has 1 nitrogen and oxygen atoms in total. The summed E-state index contributed by atoms with van der Waals surface area (Å²) in [5, 5.41) is 0. The average molecular weight is 188 g/mol. The highest BCUT2D eigenvalue weighted by atomic mass is 16.1. The van der Waals surface area contributed by atoms with Crippen molar-refractivity contribution in [2.75, 3.05) is 0 Å². The molecule has 0 saturated heterocycles. The van der Waals surface area contributed by atoms with Gasteiger partial charge in [0.25, 0.3) is 0 Å². The molecule has 0 amide bonds. The van der Waals surface area contributed by atoms with Gasteiger partial charge < -0.3 is 4.79 Å². The molecular formula is C13H16O. The molecule has 0 aliphatic heterocycles. The van der Waals surface area contributed by atoms with E-state index in [4.69, 9.17) is 0 Å². The fraction of sp³-hybridized carbons (Fsp3) is 0.462. The van der Waals surface area contributed by atoms with Gasteiger partial charge in [-0.1, -0.05) is 30.3 Å². The van der Waals surface area contributed by atoms with Crippen LogP contribution in [0.1, 0.15) is 31.2 Å². The summed E-state index contributed by atoms with van der Waals surface area (Å²) in [4.78, 5) is 10.7. The fourth-order valence-corrected chi connectivity index (χ4v) is 1.88. The van der Waals surface area contributed by atoms with Gasteiger partial charge in [-0.3, -0.25) is 0 Å². The van der Waals surface area contributed by atoms with Gasteiger partial charge in [-0.05, 0) is 37.7 Å². The molecule has 74 valence electrons. The largest absolute Gasteiger partial charge is 0.303 e. The van der Waals surface area contributed by atoms with Gasteiger partial charge in [0.05, 0.1) is 0 Å². The van der Waals surface area contributed by atoms with Crippen LogP contribution in [0.4, 0.5) is 0 Å². The maximum absolute atomic E-state index is 10.7. The van der Waals surface area contributed by atoms with E-state index in [1.807, 2.05) is 6.07 Å². The van der Waals surface area contributed by atoms with Gasteiger partial charge in [-0.2, -0.15) is 0 Å². The Morgan fingerprint density at radius 1 is 1.21 bits per heavy atom. The SMILES string of the molecule is O=CC1(CCCc2ccccc2)CC1. The molecule has 1 fully saturated rings. The van der Waals surface area contributed by atoms with Crippen molar-refractivity contribution in [3.8, 4) is 0 Å². The summed E-state index contributed by atoms with van der Waals surface area (Å²) < 4.78 is 0. The molecular weight excluding hydrogens is 172 g/mol. The summed E-state index contributed by atoms with van der Waals surface area (Å²) in [6.07, 6.45) is 6.72. The van der Waals surface area contributed by atoms with E-state index in [1.54, 1.807) is 0 Å². The maximum Gasteiger partial charge on any atom is 0.126 e. The molecule has 0 aromatic heterocycles. The maximum atomic E-state index is 10.7. The highest BCUT2D eigenvalue weighted by Crippen LogP contribution is 2.47. The molecule has 1 heteroatoms. The van der Waals surface area contributed by atoms with Crippen molar-refractivity contribution in [2.24, 2.45) is 5.41 Å². The molecule has 1 aliphatic carbocycles. The van der Waals surface area contributed by atoms with Gasteiger partial charge in [0, 0.05) is 5.41 Å². The van der Waals surface area contributed by atoms with Crippen molar-refractivity contribution in [1.82, 2.24) is 0 Å². The second kappa shape index (κ2) is 3.95. The van der Waals surface area contributed by atoms with E-state index in [9.17, 15) is 4.79 Å². The Labute approximate surface area is 85.1 Å². The average Bonchev–Trinajstić information content (AvgIpc) is 3.00. The predicted molar refractivity (Wildman–Crippen MR) is 57.1 cm³/mol. The molecule has 1 saturated carbocycles. The van der Waals surface area contributed by atoms with Crippen LogP contribution in [-0.4, -0.2) is 6.29 Å². The fourth-order valence-electron chi connectivity index (χ4n) is 1.88. The number of aldehydes is 1. The number of hydrogen-bond acceptors (Lipinski definition) is 1. The van der Waals surface area contributed by atoms with E-state index in [0.717, 1.165) is 38.4 Å². The van der Waals surface area contributed by atoms with Crippen molar-refractivity contribution in [3.63, 3.8) is 0 Å². The van der Waals surface area contributed by atoms with Gasteiger partial charge in [-0.25, -0.2) is 0 Å². The van der Waals surface area contributed by atoms with Crippen LogP contribution in [0.25, 0.3) is 0 Å². The minimum Gasteiger partial charge on any atom is -0.303 e. The Kier molecular flexibility index (Phi) is 2.67. The zero-order valence-corrected chi connectivity index (χ0v) is 8.41. The zero-order valence-electron chi connectivity index (χ0n) is 8.41. The highest BCUT2D eigenvalue weighted by Gasteiger charge is 2.41. The molecule has 0 unspecified atom stereocenters. The van der Waals surface area contributed by atoms with Crippen LogP contribution >= 0.6 is 0 Å². The Bertz CT molecular complexity index is 298. The molecule has 2 rings (SSSR count). The van der Waals surface area contributed by atoms with Gasteiger partial charge in [0.1, 0.15) is 6.29 Å². The predicted octanol–water partition coefficient (Wildman–Crippen LogP) is 2.99. The Morgan fingerprint density at radius 2 is 1.93 bits per heavy atom. The summed E-state index contributed by atoms with van der Waals surface area (Å²) in [6, 6.07) is 10.5. The van der Waals surface area contributed by atoms with Crippen molar-refractivity contribution in [2.45, 2.75) is 32.1 Å². The minimum atomic E-state index is 0.0920. The monoisotopic (exact) mass is 188 g/mol. The Hall–Kier alpha value is -1.11. The van der Waals surface area contributed by atoms with Crippen molar-refractivity contribution in [3.05, 3.63) is 35.9 Å². The first-order valence-electron chi connectivity index (χ1n) is 5.35.